The Balaban J connectivity index is 1.40. The Morgan fingerprint density at radius 1 is 1.41 bits per heavy atom. The lowest BCUT2D eigenvalue weighted by Crippen LogP contribution is -2.61. The zero-order valence-corrected chi connectivity index (χ0v) is 16.0. The van der Waals surface area contributed by atoms with Gasteiger partial charge in [0.1, 0.15) is 5.70 Å². The number of thioether (sulfide) groups is 1. The van der Waals surface area contributed by atoms with Crippen LogP contribution in [0.2, 0.25) is 0 Å². The summed E-state index contributed by atoms with van der Waals surface area (Å²) in [6.07, 6.45) is 2.30. The first-order valence-electron chi connectivity index (χ1n) is 9.52. The van der Waals surface area contributed by atoms with Crippen molar-refractivity contribution >= 4 is 29.5 Å². The van der Waals surface area contributed by atoms with Crippen molar-refractivity contribution < 1.29 is 24.6 Å². The number of β-lactam (4-membered cyclic amide) rings is 1. The second kappa shape index (κ2) is 7.10. The van der Waals surface area contributed by atoms with Crippen LogP contribution in [0.3, 0.4) is 0 Å². The third kappa shape index (κ3) is 3.25. The number of hydrogen-bond acceptors (Lipinski definition) is 6. The fraction of sp³-hybridized carbons (Fsp3) is 0.722. The van der Waals surface area contributed by atoms with Crippen molar-refractivity contribution in [1.29, 1.82) is 0 Å². The monoisotopic (exact) mass is 395 g/mol. The molecular formula is C18H25N3O5S. The Hall–Kier alpha value is -1.58. The predicted molar refractivity (Wildman–Crippen MR) is 98.6 cm³/mol. The van der Waals surface area contributed by atoms with Crippen molar-refractivity contribution in [2.45, 2.75) is 56.0 Å². The Bertz CT molecular complexity index is 709. The van der Waals surface area contributed by atoms with Gasteiger partial charge >= 0.3 is 5.97 Å². The number of carboxylic acids is 1. The van der Waals surface area contributed by atoms with Crippen LogP contribution in [-0.2, 0) is 14.4 Å². The SMILES string of the molecule is CC(O)[C@H]1C(=O)N2C(C(=O)O)=C(SC3CN[C@H](CC4CCNC4=O)C3)CC12. The molecule has 0 bridgehead atoms. The standard InChI is InChI=1S/C18H25N3O5S/c1-8(22)14-12-6-13(15(18(25)26)21(12)17(14)24)27-11-5-10(20-7-11)4-9-2-3-19-16(9)23/h8-12,14,20,22H,2-7H2,1H3,(H,19,23)(H,25,26)/t8?,9?,10-,11?,12?,14-/m1/s1. The lowest BCUT2D eigenvalue weighted by atomic mass is 9.83. The van der Waals surface area contributed by atoms with Gasteiger partial charge < -0.3 is 25.7 Å². The normalized spacial score (nSPS) is 36.7. The number of rotatable bonds is 6. The topological polar surface area (TPSA) is 119 Å². The van der Waals surface area contributed by atoms with E-state index in [4.69, 9.17) is 0 Å². The summed E-state index contributed by atoms with van der Waals surface area (Å²) < 4.78 is 0. The second-order valence-electron chi connectivity index (χ2n) is 7.92. The molecule has 4 aliphatic rings. The minimum Gasteiger partial charge on any atom is -0.477 e. The minimum atomic E-state index is -1.08. The molecule has 6 atom stereocenters. The number of aliphatic hydroxyl groups is 1. The van der Waals surface area contributed by atoms with Gasteiger partial charge in [0.25, 0.3) is 0 Å². The summed E-state index contributed by atoms with van der Waals surface area (Å²) in [6, 6.07) is 0.0222. The van der Waals surface area contributed by atoms with Gasteiger partial charge in [-0.05, 0) is 26.2 Å². The molecule has 4 heterocycles. The van der Waals surface area contributed by atoms with Gasteiger partial charge in [-0.15, -0.1) is 11.8 Å². The molecule has 0 radical (unpaired) electrons. The van der Waals surface area contributed by atoms with Gasteiger partial charge in [-0.25, -0.2) is 4.79 Å². The van der Waals surface area contributed by atoms with Crippen LogP contribution < -0.4 is 10.6 Å². The molecule has 0 aromatic heterocycles. The van der Waals surface area contributed by atoms with E-state index < -0.39 is 18.0 Å². The average Bonchev–Trinajstić information content (AvgIpc) is 3.27. The molecule has 148 valence electrons. The number of aliphatic hydroxyl groups excluding tert-OH is 1. The van der Waals surface area contributed by atoms with Crippen molar-refractivity contribution in [3.63, 3.8) is 0 Å². The van der Waals surface area contributed by atoms with Crippen LogP contribution in [0.1, 0.15) is 32.6 Å². The second-order valence-corrected chi connectivity index (χ2v) is 9.31. The number of carbonyl (C=O) groups is 3. The molecule has 0 saturated carbocycles. The Morgan fingerprint density at radius 2 is 2.19 bits per heavy atom. The number of amides is 2. The molecule has 4 rings (SSSR count). The van der Waals surface area contributed by atoms with E-state index in [9.17, 15) is 24.6 Å². The van der Waals surface area contributed by atoms with Crippen molar-refractivity contribution in [3.05, 3.63) is 10.6 Å². The first-order chi connectivity index (χ1) is 12.9. The molecule has 0 aromatic rings. The van der Waals surface area contributed by atoms with Crippen molar-refractivity contribution in [2.75, 3.05) is 13.1 Å². The average molecular weight is 395 g/mol. The van der Waals surface area contributed by atoms with E-state index in [-0.39, 0.29) is 40.8 Å². The third-order valence-corrected chi connectivity index (χ3v) is 7.45. The number of carbonyl (C=O) groups excluding carboxylic acids is 2. The molecule has 0 aromatic carbocycles. The summed E-state index contributed by atoms with van der Waals surface area (Å²) in [4.78, 5) is 37.9. The maximum Gasteiger partial charge on any atom is 0.353 e. The molecule has 4 unspecified atom stereocenters. The lowest BCUT2D eigenvalue weighted by Gasteiger charge is -2.44. The molecular weight excluding hydrogens is 370 g/mol. The molecule has 3 fully saturated rings. The first-order valence-corrected chi connectivity index (χ1v) is 10.4. The van der Waals surface area contributed by atoms with Crippen LogP contribution in [0.4, 0.5) is 0 Å². The Kier molecular flexibility index (Phi) is 4.94. The smallest absolute Gasteiger partial charge is 0.353 e. The van der Waals surface area contributed by atoms with Crippen molar-refractivity contribution in [3.8, 4) is 0 Å². The Labute approximate surface area is 161 Å². The molecule has 4 aliphatic heterocycles. The van der Waals surface area contributed by atoms with Gasteiger partial charge in [0.2, 0.25) is 11.8 Å². The van der Waals surface area contributed by atoms with Crippen LogP contribution in [0.5, 0.6) is 0 Å². The van der Waals surface area contributed by atoms with Gasteiger partial charge in [-0.3, -0.25) is 9.59 Å². The number of fused-ring (bicyclic) bond motifs is 1. The van der Waals surface area contributed by atoms with Crippen LogP contribution in [0.15, 0.2) is 10.6 Å². The Morgan fingerprint density at radius 3 is 2.81 bits per heavy atom. The molecule has 2 amide bonds. The van der Waals surface area contributed by atoms with E-state index in [1.54, 1.807) is 6.92 Å². The van der Waals surface area contributed by atoms with Gasteiger partial charge in [-0.2, -0.15) is 0 Å². The predicted octanol–water partition coefficient (Wildman–Crippen LogP) is -0.116. The number of carboxylic acid groups (broad SMARTS) is 1. The highest BCUT2D eigenvalue weighted by Gasteiger charge is 2.57. The van der Waals surface area contributed by atoms with E-state index in [0.29, 0.717) is 6.42 Å². The molecule has 27 heavy (non-hydrogen) atoms. The van der Waals surface area contributed by atoms with Crippen molar-refractivity contribution in [1.82, 2.24) is 15.5 Å². The van der Waals surface area contributed by atoms with Crippen LogP contribution in [0, 0.1) is 11.8 Å². The molecule has 3 saturated heterocycles. The van der Waals surface area contributed by atoms with E-state index in [1.165, 1.54) is 16.7 Å². The molecule has 9 heteroatoms. The zero-order valence-electron chi connectivity index (χ0n) is 15.2. The van der Waals surface area contributed by atoms with Crippen LogP contribution in [0.25, 0.3) is 0 Å². The number of nitrogens with zero attached hydrogens (tertiary/aromatic N) is 1. The highest BCUT2D eigenvalue weighted by molar-refractivity contribution is 8.03. The quantitative estimate of drug-likeness (QED) is 0.463. The number of hydrogen-bond donors (Lipinski definition) is 4. The van der Waals surface area contributed by atoms with Gasteiger partial charge in [0.05, 0.1) is 18.1 Å². The summed E-state index contributed by atoms with van der Waals surface area (Å²) >= 11 is 1.54. The van der Waals surface area contributed by atoms with Crippen LogP contribution in [-0.4, -0.2) is 69.4 Å². The molecule has 8 nitrogen and oxygen atoms in total. The van der Waals surface area contributed by atoms with Gasteiger partial charge in [0, 0.05) is 41.6 Å². The summed E-state index contributed by atoms with van der Waals surface area (Å²) in [6.45, 7) is 3.09. The van der Waals surface area contributed by atoms with E-state index in [1.807, 2.05) is 0 Å². The largest absolute Gasteiger partial charge is 0.477 e. The summed E-state index contributed by atoms with van der Waals surface area (Å²) in [7, 11) is 0. The van der Waals surface area contributed by atoms with E-state index >= 15 is 0 Å². The third-order valence-electron chi connectivity index (χ3n) is 6.11. The highest BCUT2D eigenvalue weighted by atomic mass is 32.2. The highest BCUT2D eigenvalue weighted by Crippen LogP contribution is 2.48. The maximum absolute atomic E-state index is 12.3. The maximum atomic E-state index is 12.3. The first kappa shape index (κ1) is 18.8. The van der Waals surface area contributed by atoms with Crippen LogP contribution >= 0.6 is 11.8 Å². The fourth-order valence-electron chi connectivity index (χ4n) is 4.80. The minimum absolute atomic E-state index is 0.0675. The zero-order chi connectivity index (χ0) is 19.3. The fourth-order valence-corrected chi connectivity index (χ4v) is 6.28. The molecule has 0 spiro atoms. The summed E-state index contributed by atoms with van der Waals surface area (Å²) in [5.41, 5.74) is 0.0884. The molecule has 0 aliphatic carbocycles. The van der Waals surface area contributed by atoms with E-state index in [0.717, 1.165) is 37.3 Å². The number of aliphatic carboxylic acids is 1. The van der Waals surface area contributed by atoms with Gasteiger partial charge in [0.15, 0.2) is 0 Å². The lowest BCUT2D eigenvalue weighted by molar-refractivity contribution is -0.161. The summed E-state index contributed by atoms with van der Waals surface area (Å²) in [5, 5.41) is 26.0. The van der Waals surface area contributed by atoms with Crippen molar-refractivity contribution in [2.24, 2.45) is 11.8 Å². The molecule has 4 N–H and O–H groups in total. The summed E-state index contributed by atoms with van der Waals surface area (Å²) in [5.74, 6) is -1.68. The number of nitrogens with one attached hydrogen (secondary N) is 2. The van der Waals surface area contributed by atoms with Gasteiger partial charge in [-0.1, -0.05) is 0 Å². The van der Waals surface area contributed by atoms with E-state index in [2.05, 4.69) is 10.6 Å².